The Morgan fingerprint density at radius 1 is 1.30 bits per heavy atom. The lowest BCUT2D eigenvalue weighted by Crippen LogP contribution is -2.35. The number of ether oxygens (including phenoxy) is 1. The molecule has 1 aromatic heterocycles. The van der Waals surface area contributed by atoms with Crippen LogP contribution in [0.15, 0.2) is 30.3 Å². The fourth-order valence-corrected chi connectivity index (χ4v) is 3.19. The SMILES string of the molecule is Cc1cc(C(=O)O[C@H](C)C(=O)NCc2ccccc2Cl)c(C)s1. The van der Waals surface area contributed by atoms with Crippen molar-refractivity contribution in [3.8, 4) is 0 Å². The van der Waals surface area contributed by atoms with Crippen LogP contribution in [0.25, 0.3) is 0 Å². The molecule has 0 aliphatic rings. The van der Waals surface area contributed by atoms with E-state index in [2.05, 4.69) is 5.32 Å². The van der Waals surface area contributed by atoms with Gasteiger partial charge in [-0.2, -0.15) is 0 Å². The molecule has 1 heterocycles. The third kappa shape index (κ3) is 4.56. The van der Waals surface area contributed by atoms with Crippen molar-refractivity contribution in [3.05, 3.63) is 56.2 Å². The van der Waals surface area contributed by atoms with E-state index in [1.54, 1.807) is 19.1 Å². The average Bonchev–Trinajstić information content (AvgIpc) is 2.84. The molecule has 1 amide bonds. The fourth-order valence-electron chi connectivity index (χ4n) is 2.08. The highest BCUT2D eigenvalue weighted by Gasteiger charge is 2.21. The monoisotopic (exact) mass is 351 g/mol. The molecule has 0 aliphatic heterocycles. The Balaban J connectivity index is 1.91. The molecule has 0 radical (unpaired) electrons. The number of hydrogen-bond donors (Lipinski definition) is 1. The molecule has 4 nitrogen and oxygen atoms in total. The molecule has 122 valence electrons. The maximum atomic E-state index is 12.1. The number of carbonyl (C=O) groups is 2. The normalized spacial score (nSPS) is 11.8. The molecular formula is C17H18ClNO3S. The first kappa shape index (κ1) is 17.5. The number of benzene rings is 1. The van der Waals surface area contributed by atoms with Gasteiger partial charge in [0, 0.05) is 21.3 Å². The van der Waals surface area contributed by atoms with Crippen LogP contribution >= 0.6 is 22.9 Å². The molecule has 2 aromatic rings. The zero-order chi connectivity index (χ0) is 17.0. The second-order valence-corrected chi connectivity index (χ2v) is 7.05. The van der Waals surface area contributed by atoms with Crippen molar-refractivity contribution in [3.63, 3.8) is 0 Å². The van der Waals surface area contributed by atoms with Crippen molar-refractivity contribution >= 4 is 34.8 Å². The van der Waals surface area contributed by atoms with Crippen molar-refractivity contribution in [2.24, 2.45) is 0 Å². The molecule has 1 aromatic carbocycles. The van der Waals surface area contributed by atoms with E-state index in [1.165, 1.54) is 11.3 Å². The van der Waals surface area contributed by atoms with Gasteiger partial charge in [0.05, 0.1) is 5.56 Å². The summed E-state index contributed by atoms with van der Waals surface area (Å²) in [6, 6.07) is 9.03. The third-order valence-corrected chi connectivity index (χ3v) is 4.66. The van der Waals surface area contributed by atoms with E-state index < -0.39 is 12.1 Å². The molecule has 0 unspecified atom stereocenters. The lowest BCUT2D eigenvalue weighted by Gasteiger charge is -2.14. The van der Waals surface area contributed by atoms with Crippen LogP contribution in [0.4, 0.5) is 0 Å². The number of aryl methyl sites for hydroxylation is 2. The maximum absolute atomic E-state index is 12.1. The summed E-state index contributed by atoms with van der Waals surface area (Å²) in [6.45, 7) is 5.62. The van der Waals surface area contributed by atoms with Gasteiger partial charge in [-0.1, -0.05) is 29.8 Å². The number of halogens is 1. The van der Waals surface area contributed by atoms with Crippen molar-refractivity contribution < 1.29 is 14.3 Å². The molecule has 0 saturated carbocycles. The summed E-state index contributed by atoms with van der Waals surface area (Å²) >= 11 is 7.56. The van der Waals surface area contributed by atoms with Gasteiger partial charge >= 0.3 is 5.97 Å². The van der Waals surface area contributed by atoms with E-state index in [1.807, 2.05) is 32.0 Å². The quantitative estimate of drug-likeness (QED) is 0.832. The summed E-state index contributed by atoms with van der Waals surface area (Å²) in [6.07, 6.45) is -0.871. The molecule has 0 bridgehead atoms. The van der Waals surface area contributed by atoms with Gasteiger partial charge in [0.25, 0.3) is 5.91 Å². The first-order valence-corrected chi connectivity index (χ1v) is 8.37. The fraction of sp³-hybridized carbons (Fsp3) is 0.294. The number of hydrogen-bond acceptors (Lipinski definition) is 4. The van der Waals surface area contributed by atoms with Gasteiger partial charge in [-0.3, -0.25) is 4.79 Å². The Morgan fingerprint density at radius 2 is 2.00 bits per heavy atom. The van der Waals surface area contributed by atoms with Crippen molar-refractivity contribution in [2.75, 3.05) is 0 Å². The molecule has 23 heavy (non-hydrogen) atoms. The van der Waals surface area contributed by atoms with Gasteiger partial charge in [-0.25, -0.2) is 4.79 Å². The molecular weight excluding hydrogens is 334 g/mol. The number of nitrogens with one attached hydrogen (secondary N) is 1. The Kier molecular flexibility index (Phi) is 5.80. The van der Waals surface area contributed by atoms with Gasteiger partial charge < -0.3 is 10.1 Å². The zero-order valence-corrected chi connectivity index (χ0v) is 14.8. The summed E-state index contributed by atoms with van der Waals surface area (Å²) in [5, 5.41) is 3.30. The largest absolute Gasteiger partial charge is 0.449 e. The van der Waals surface area contributed by atoms with Gasteiger partial charge in [0.1, 0.15) is 0 Å². The van der Waals surface area contributed by atoms with E-state index in [0.717, 1.165) is 15.3 Å². The smallest absolute Gasteiger partial charge is 0.340 e. The summed E-state index contributed by atoms with van der Waals surface area (Å²) in [5.74, 6) is -0.838. The minimum Gasteiger partial charge on any atom is -0.449 e. The molecule has 6 heteroatoms. The molecule has 1 atom stereocenters. The Hall–Kier alpha value is -1.85. The summed E-state index contributed by atoms with van der Waals surface area (Å²) in [5.41, 5.74) is 1.32. The topological polar surface area (TPSA) is 55.4 Å². The van der Waals surface area contributed by atoms with Gasteiger partial charge in [-0.15, -0.1) is 11.3 Å². The van der Waals surface area contributed by atoms with E-state index >= 15 is 0 Å². The summed E-state index contributed by atoms with van der Waals surface area (Å²) < 4.78 is 5.23. The Labute approximate surface area is 144 Å². The Morgan fingerprint density at radius 3 is 2.61 bits per heavy atom. The lowest BCUT2D eigenvalue weighted by molar-refractivity contribution is -0.129. The highest BCUT2D eigenvalue weighted by Crippen LogP contribution is 2.21. The van der Waals surface area contributed by atoms with Gasteiger partial charge in [-0.05, 0) is 38.5 Å². The zero-order valence-electron chi connectivity index (χ0n) is 13.2. The van der Waals surface area contributed by atoms with Crippen molar-refractivity contribution in [1.29, 1.82) is 0 Å². The van der Waals surface area contributed by atoms with E-state index in [-0.39, 0.29) is 12.5 Å². The lowest BCUT2D eigenvalue weighted by atomic mass is 10.2. The van der Waals surface area contributed by atoms with Crippen LogP contribution in [0.3, 0.4) is 0 Å². The first-order valence-electron chi connectivity index (χ1n) is 7.17. The van der Waals surface area contributed by atoms with Crippen LogP contribution in [0, 0.1) is 13.8 Å². The van der Waals surface area contributed by atoms with E-state index in [0.29, 0.717) is 10.6 Å². The molecule has 0 aliphatic carbocycles. The average molecular weight is 352 g/mol. The molecule has 0 fully saturated rings. The van der Waals surface area contributed by atoms with Crippen molar-refractivity contribution in [2.45, 2.75) is 33.4 Å². The minimum atomic E-state index is -0.871. The first-order chi connectivity index (χ1) is 10.9. The number of amides is 1. The van der Waals surface area contributed by atoms with Crippen LogP contribution in [0.5, 0.6) is 0 Å². The predicted molar refractivity (Wildman–Crippen MR) is 92.0 cm³/mol. The van der Waals surface area contributed by atoms with Crippen LogP contribution in [-0.2, 0) is 16.1 Å². The van der Waals surface area contributed by atoms with Crippen molar-refractivity contribution in [1.82, 2.24) is 5.32 Å². The molecule has 0 saturated heterocycles. The highest BCUT2D eigenvalue weighted by atomic mass is 35.5. The van der Waals surface area contributed by atoms with Crippen LogP contribution in [-0.4, -0.2) is 18.0 Å². The number of thiophene rings is 1. The van der Waals surface area contributed by atoms with Crippen LogP contribution in [0.2, 0.25) is 5.02 Å². The van der Waals surface area contributed by atoms with Gasteiger partial charge in [0.2, 0.25) is 0 Å². The van der Waals surface area contributed by atoms with Crippen LogP contribution in [0.1, 0.15) is 32.6 Å². The highest BCUT2D eigenvalue weighted by molar-refractivity contribution is 7.12. The molecule has 0 spiro atoms. The molecule has 2 rings (SSSR count). The predicted octanol–water partition coefficient (Wildman–Crippen LogP) is 3.88. The Bertz CT molecular complexity index is 726. The van der Waals surface area contributed by atoms with Crippen LogP contribution < -0.4 is 5.32 Å². The number of esters is 1. The maximum Gasteiger partial charge on any atom is 0.340 e. The summed E-state index contributed by atoms with van der Waals surface area (Å²) in [4.78, 5) is 26.1. The second-order valence-electron chi connectivity index (χ2n) is 5.18. The molecule has 1 N–H and O–H groups in total. The van der Waals surface area contributed by atoms with E-state index in [4.69, 9.17) is 16.3 Å². The minimum absolute atomic E-state index is 0.289. The van der Waals surface area contributed by atoms with E-state index in [9.17, 15) is 9.59 Å². The standard InChI is InChI=1S/C17H18ClNO3S/c1-10-8-14(12(3)23-10)17(21)22-11(2)16(20)19-9-13-6-4-5-7-15(13)18/h4-8,11H,9H2,1-3H3,(H,19,20)/t11-/m1/s1. The summed E-state index contributed by atoms with van der Waals surface area (Å²) in [7, 11) is 0. The number of rotatable bonds is 5. The third-order valence-electron chi connectivity index (χ3n) is 3.32. The second kappa shape index (κ2) is 7.62. The number of carbonyl (C=O) groups excluding carboxylic acids is 2. The van der Waals surface area contributed by atoms with Gasteiger partial charge in [0.15, 0.2) is 6.10 Å².